The van der Waals surface area contributed by atoms with E-state index in [0.29, 0.717) is 6.61 Å². The molecular weight excluding hydrogens is 284 g/mol. The molecule has 2 aromatic carbocycles. The van der Waals surface area contributed by atoms with Gasteiger partial charge < -0.3 is 10.5 Å². The molecule has 1 unspecified atom stereocenters. The minimum atomic E-state index is 0.591. The SMILES string of the molecule is CC1CCCN(Cc2cc(N)ccc2OCc2ccccc2)C1. The number of nitrogens with zero attached hydrogens (tertiary/aromatic N) is 1. The van der Waals surface area contributed by atoms with Gasteiger partial charge in [-0.25, -0.2) is 0 Å². The van der Waals surface area contributed by atoms with Crippen molar-refractivity contribution in [2.75, 3.05) is 18.8 Å². The number of benzene rings is 2. The molecule has 122 valence electrons. The summed E-state index contributed by atoms with van der Waals surface area (Å²) in [7, 11) is 0. The van der Waals surface area contributed by atoms with Gasteiger partial charge in [-0.15, -0.1) is 0 Å². The third-order valence-corrected chi connectivity index (χ3v) is 4.46. The second-order valence-corrected chi connectivity index (χ2v) is 6.62. The van der Waals surface area contributed by atoms with E-state index in [2.05, 4.69) is 30.0 Å². The molecule has 2 N–H and O–H groups in total. The first-order valence-corrected chi connectivity index (χ1v) is 8.48. The highest BCUT2D eigenvalue weighted by molar-refractivity contribution is 5.48. The molecule has 1 aliphatic heterocycles. The van der Waals surface area contributed by atoms with Crippen LogP contribution in [0.4, 0.5) is 5.69 Å². The fraction of sp³-hybridized carbons (Fsp3) is 0.400. The molecule has 3 rings (SSSR count). The molecule has 1 atom stereocenters. The molecule has 1 aliphatic rings. The van der Waals surface area contributed by atoms with Gasteiger partial charge in [-0.2, -0.15) is 0 Å². The monoisotopic (exact) mass is 310 g/mol. The van der Waals surface area contributed by atoms with Gasteiger partial charge >= 0.3 is 0 Å². The van der Waals surface area contributed by atoms with Crippen LogP contribution in [0.15, 0.2) is 48.5 Å². The number of ether oxygens (including phenoxy) is 1. The summed E-state index contributed by atoms with van der Waals surface area (Å²) in [6, 6.07) is 16.3. The lowest BCUT2D eigenvalue weighted by Gasteiger charge is -2.31. The summed E-state index contributed by atoms with van der Waals surface area (Å²) in [6.07, 6.45) is 2.62. The zero-order valence-electron chi connectivity index (χ0n) is 13.9. The molecule has 0 radical (unpaired) electrons. The Morgan fingerprint density at radius 3 is 2.78 bits per heavy atom. The van der Waals surface area contributed by atoms with Crippen LogP contribution in [0.1, 0.15) is 30.9 Å². The normalized spacial score (nSPS) is 18.7. The molecule has 3 nitrogen and oxygen atoms in total. The van der Waals surface area contributed by atoms with Crippen LogP contribution in [0.25, 0.3) is 0 Å². The lowest BCUT2D eigenvalue weighted by molar-refractivity contribution is 0.173. The predicted molar refractivity (Wildman–Crippen MR) is 95.3 cm³/mol. The van der Waals surface area contributed by atoms with Crippen molar-refractivity contribution in [3.05, 3.63) is 59.7 Å². The molecule has 0 aromatic heterocycles. The van der Waals surface area contributed by atoms with Crippen molar-refractivity contribution >= 4 is 5.69 Å². The van der Waals surface area contributed by atoms with E-state index in [1.807, 2.05) is 30.3 Å². The van der Waals surface area contributed by atoms with Gasteiger partial charge in [-0.05, 0) is 49.1 Å². The molecule has 2 aromatic rings. The van der Waals surface area contributed by atoms with E-state index in [1.54, 1.807) is 0 Å². The van der Waals surface area contributed by atoms with Crippen LogP contribution >= 0.6 is 0 Å². The van der Waals surface area contributed by atoms with Crippen molar-refractivity contribution < 1.29 is 4.74 Å². The maximum absolute atomic E-state index is 6.06. The van der Waals surface area contributed by atoms with Crippen LogP contribution in [0.5, 0.6) is 5.75 Å². The Morgan fingerprint density at radius 2 is 2.00 bits per heavy atom. The number of nitrogen functional groups attached to an aromatic ring is 1. The van der Waals surface area contributed by atoms with Gasteiger partial charge in [-0.1, -0.05) is 37.3 Å². The Hall–Kier alpha value is -2.00. The van der Waals surface area contributed by atoms with E-state index < -0.39 is 0 Å². The van der Waals surface area contributed by atoms with Gasteiger partial charge in [-0.3, -0.25) is 4.90 Å². The first-order valence-electron chi connectivity index (χ1n) is 8.48. The maximum Gasteiger partial charge on any atom is 0.124 e. The second kappa shape index (κ2) is 7.51. The highest BCUT2D eigenvalue weighted by Crippen LogP contribution is 2.26. The van der Waals surface area contributed by atoms with Crippen LogP contribution < -0.4 is 10.5 Å². The molecule has 1 saturated heterocycles. The first kappa shape index (κ1) is 15.9. The Bertz CT molecular complexity index is 627. The zero-order valence-corrected chi connectivity index (χ0v) is 13.9. The van der Waals surface area contributed by atoms with Gasteiger partial charge in [0.15, 0.2) is 0 Å². The summed E-state index contributed by atoms with van der Waals surface area (Å²) in [6.45, 7) is 6.16. The number of nitrogens with two attached hydrogens (primary N) is 1. The number of hydrogen-bond acceptors (Lipinski definition) is 3. The molecule has 0 aliphatic carbocycles. The molecule has 0 bridgehead atoms. The molecule has 0 saturated carbocycles. The summed E-state index contributed by atoms with van der Waals surface area (Å²) in [5.74, 6) is 1.72. The fourth-order valence-electron chi connectivity index (χ4n) is 3.27. The molecular formula is C20H26N2O. The van der Waals surface area contributed by atoms with Crippen molar-refractivity contribution in [1.82, 2.24) is 4.90 Å². The van der Waals surface area contributed by atoms with Gasteiger partial charge in [0.05, 0.1) is 0 Å². The molecule has 1 fully saturated rings. The lowest BCUT2D eigenvalue weighted by atomic mass is 9.99. The third kappa shape index (κ3) is 4.49. The van der Waals surface area contributed by atoms with Gasteiger partial charge in [0.1, 0.15) is 12.4 Å². The van der Waals surface area contributed by atoms with E-state index in [4.69, 9.17) is 10.5 Å². The summed E-state index contributed by atoms with van der Waals surface area (Å²) in [5, 5.41) is 0. The largest absolute Gasteiger partial charge is 0.489 e. The van der Waals surface area contributed by atoms with Crippen molar-refractivity contribution in [3.8, 4) is 5.75 Å². The standard InChI is InChI=1S/C20H26N2O/c1-16-6-5-11-22(13-16)14-18-12-19(21)9-10-20(18)23-15-17-7-3-2-4-8-17/h2-4,7-10,12,16H,5-6,11,13-15,21H2,1H3. The first-order chi connectivity index (χ1) is 11.2. The average Bonchev–Trinajstić information content (AvgIpc) is 2.55. The second-order valence-electron chi connectivity index (χ2n) is 6.62. The number of anilines is 1. The van der Waals surface area contributed by atoms with E-state index in [1.165, 1.54) is 24.0 Å². The van der Waals surface area contributed by atoms with Crippen LogP contribution in [0.2, 0.25) is 0 Å². The van der Waals surface area contributed by atoms with E-state index >= 15 is 0 Å². The van der Waals surface area contributed by atoms with Crippen LogP contribution in [-0.2, 0) is 13.2 Å². The summed E-state index contributed by atoms with van der Waals surface area (Å²) in [4.78, 5) is 2.51. The maximum atomic E-state index is 6.06. The van der Waals surface area contributed by atoms with Crippen molar-refractivity contribution in [2.45, 2.75) is 32.9 Å². The van der Waals surface area contributed by atoms with E-state index in [9.17, 15) is 0 Å². The highest BCUT2D eigenvalue weighted by atomic mass is 16.5. The van der Waals surface area contributed by atoms with Crippen molar-refractivity contribution in [3.63, 3.8) is 0 Å². The average molecular weight is 310 g/mol. The van der Waals surface area contributed by atoms with Crippen LogP contribution in [0, 0.1) is 5.92 Å². The smallest absolute Gasteiger partial charge is 0.124 e. The highest BCUT2D eigenvalue weighted by Gasteiger charge is 2.18. The number of likely N-dealkylation sites (tertiary alicyclic amines) is 1. The Labute approximate surface area is 139 Å². The van der Waals surface area contributed by atoms with Crippen LogP contribution in [-0.4, -0.2) is 18.0 Å². The molecule has 0 amide bonds. The van der Waals surface area contributed by atoms with Crippen molar-refractivity contribution in [2.24, 2.45) is 5.92 Å². The Balaban J connectivity index is 1.69. The Kier molecular flexibility index (Phi) is 5.19. The molecule has 23 heavy (non-hydrogen) atoms. The molecule has 0 spiro atoms. The van der Waals surface area contributed by atoms with Crippen LogP contribution in [0.3, 0.4) is 0 Å². The lowest BCUT2D eigenvalue weighted by Crippen LogP contribution is -2.33. The number of rotatable bonds is 5. The summed E-state index contributed by atoms with van der Waals surface area (Å²) in [5.41, 5.74) is 9.17. The van der Waals surface area contributed by atoms with Gasteiger partial charge in [0.2, 0.25) is 0 Å². The quantitative estimate of drug-likeness (QED) is 0.846. The van der Waals surface area contributed by atoms with E-state index in [0.717, 1.165) is 37.0 Å². The zero-order chi connectivity index (χ0) is 16.1. The molecule has 3 heteroatoms. The number of piperidine rings is 1. The summed E-state index contributed by atoms with van der Waals surface area (Å²) < 4.78 is 6.06. The topological polar surface area (TPSA) is 38.5 Å². The van der Waals surface area contributed by atoms with Gasteiger partial charge in [0, 0.05) is 24.3 Å². The fourth-order valence-corrected chi connectivity index (χ4v) is 3.27. The number of hydrogen-bond donors (Lipinski definition) is 1. The van der Waals surface area contributed by atoms with E-state index in [-0.39, 0.29) is 0 Å². The minimum absolute atomic E-state index is 0.591. The minimum Gasteiger partial charge on any atom is -0.489 e. The summed E-state index contributed by atoms with van der Waals surface area (Å²) >= 11 is 0. The Morgan fingerprint density at radius 1 is 1.17 bits per heavy atom. The van der Waals surface area contributed by atoms with Crippen molar-refractivity contribution in [1.29, 1.82) is 0 Å². The molecule has 1 heterocycles. The van der Waals surface area contributed by atoms with Gasteiger partial charge in [0.25, 0.3) is 0 Å². The predicted octanol–water partition coefficient (Wildman–Crippen LogP) is 4.08. The third-order valence-electron chi connectivity index (χ3n) is 4.46.